The molecule has 0 amide bonds. The Hall–Kier alpha value is -1.42. The van der Waals surface area contributed by atoms with E-state index in [9.17, 15) is 4.39 Å². The quantitative estimate of drug-likeness (QED) is 0.662. The number of pyridine rings is 1. The molecule has 0 radical (unpaired) electrons. The fraction of sp³-hybridized carbons (Fsp3) is 0.682. The Balaban J connectivity index is 0.00000163. The monoisotopic (exact) mass is 363 g/mol. The van der Waals surface area contributed by atoms with Crippen LogP contribution in [0.25, 0.3) is 0 Å². The van der Waals surface area contributed by atoms with Gasteiger partial charge in [0.05, 0.1) is 6.20 Å². The van der Waals surface area contributed by atoms with Gasteiger partial charge in [-0.3, -0.25) is 9.88 Å². The van der Waals surface area contributed by atoms with Crippen LogP contribution in [0, 0.1) is 11.7 Å². The second-order valence-electron chi connectivity index (χ2n) is 7.85. The Labute approximate surface area is 160 Å². The van der Waals surface area contributed by atoms with Crippen LogP contribution in [0.1, 0.15) is 72.3 Å². The third kappa shape index (κ3) is 6.08. The molecule has 1 aromatic heterocycles. The lowest BCUT2D eigenvalue weighted by molar-refractivity contribution is 0.168. The predicted octanol–water partition coefficient (Wildman–Crippen LogP) is 5.35. The van der Waals surface area contributed by atoms with Gasteiger partial charge in [0.2, 0.25) is 0 Å². The SMILES string of the molecule is C=C(NCCCCC)[C@@H]1CN(C(C)(C)C)C[C@H]1c1ccncc1F.CC. The number of rotatable bonds is 7. The summed E-state index contributed by atoms with van der Waals surface area (Å²) in [5.74, 6) is 0.142. The van der Waals surface area contributed by atoms with Crippen molar-refractivity contribution in [1.82, 2.24) is 15.2 Å². The van der Waals surface area contributed by atoms with E-state index >= 15 is 0 Å². The molecule has 148 valence electrons. The number of nitrogens with zero attached hydrogens (tertiary/aromatic N) is 2. The molecule has 1 aliphatic rings. The Morgan fingerprint density at radius 3 is 2.58 bits per heavy atom. The van der Waals surface area contributed by atoms with Crippen molar-refractivity contribution < 1.29 is 4.39 Å². The molecule has 2 atom stereocenters. The van der Waals surface area contributed by atoms with E-state index in [0.29, 0.717) is 0 Å². The largest absolute Gasteiger partial charge is 0.389 e. The van der Waals surface area contributed by atoms with Crippen LogP contribution in [-0.2, 0) is 0 Å². The number of hydrogen-bond donors (Lipinski definition) is 1. The molecule has 1 saturated heterocycles. The topological polar surface area (TPSA) is 28.2 Å². The molecular formula is C22H38FN3. The molecule has 1 N–H and O–H groups in total. The summed E-state index contributed by atoms with van der Waals surface area (Å²) >= 11 is 0. The highest BCUT2D eigenvalue weighted by molar-refractivity contribution is 5.26. The molecule has 0 bridgehead atoms. The van der Waals surface area contributed by atoms with E-state index in [1.165, 1.54) is 19.0 Å². The maximum Gasteiger partial charge on any atom is 0.145 e. The first kappa shape index (κ1) is 22.6. The first-order chi connectivity index (χ1) is 12.3. The van der Waals surface area contributed by atoms with E-state index in [1.54, 1.807) is 6.20 Å². The summed E-state index contributed by atoms with van der Waals surface area (Å²) in [4.78, 5) is 6.33. The summed E-state index contributed by atoms with van der Waals surface area (Å²) in [6, 6.07) is 1.82. The first-order valence-corrected chi connectivity index (χ1v) is 10.1. The molecule has 0 unspecified atom stereocenters. The number of unbranched alkanes of at least 4 members (excludes halogenated alkanes) is 2. The fourth-order valence-electron chi connectivity index (χ4n) is 3.46. The standard InChI is InChI=1S/C20H32FN3.C2H6/c1-6-7-8-10-23-15(2)17-13-24(20(3,4)5)14-18(17)16-9-11-22-12-19(16)21;1-2/h9,11-12,17-18,23H,2,6-8,10,13-14H2,1,3-5H3;1-2H3/t17-,18-;/m0./s1. The second kappa shape index (κ2) is 10.7. The molecule has 2 rings (SSSR count). The van der Waals surface area contributed by atoms with E-state index in [4.69, 9.17) is 0 Å². The Bertz CT molecular complexity index is 551. The van der Waals surface area contributed by atoms with Crippen molar-refractivity contribution >= 4 is 0 Å². The molecule has 3 nitrogen and oxygen atoms in total. The van der Waals surface area contributed by atoms with E-state index in [1.807, 2.05) is 19.9 Å². The second-order valence-corrected chi connectivity index (χ2v) is 7.85. The summed E-state index contributed by atoms with van der Waals surface area (Å²) in [7, 11) is 0. The normalized spacial score (nSPS) is 20.4. The van der Waals surface area contributed by atoms with Gasteiger partial charge in [0.25, 0.3) is 0 Å². The van der Waals surface area contributed by atoms with Gasteiger partial charge in [-0.05, 0) is 38.8 Å². The summed E-state index contributed by atoms with van der Waals surface area (Å²) in [5.41, 5.74) is 1.87. The molecule has 0 spiro atoms. The summed E-state index contributed by atoms with van der Waals surface area (Å²) in [6.07, 6.45) is 6.59. The van der Waals surface area contributed by atoms with Crippen molar-refractivity contribution in [1.29, 1.82) is 0 Å². The number of halogens is 1. The highest BCUT2D eigenvalue weighted by Gasteiger charge is 2.40. The van der Waals surface area contributed by atoms with Gasteiger partial charge in [-0.1, -0.05) is 40.2 Å². The predicted molar refractivity (Wildman–Crippen MR) is 110 cm³/mol. The first-order valence-electron chi connectivity index (χ1n) is 10.1. The average molecular weight is 364 g/mol. The zero-order chi connectivity index (χ0) is 19.7. The van der Waals surface area contributed by atoms with Crippen LogP contribution < -0.4 is 5.32 Å². The van der Waals surface area contributed by atoms with Gasteiger partial charge in [0.15, 0.2) is 0 Å². The van der Waals surface area contributed by atoms with Gasteiger partial charge < -0.3 is 5.32 Å². The van der Waals surface area contributed by atoms with Crippen LogP contribution in [0.2, 0.25) is 0 Å². The highest BCUT2D eigenvalue weighted by Crippen LogP contribution is 2.39. The smallest absolute Gasteiger partial charge is 0.145 e. The Morgan fingerprint density at radius 2 is 2.00 bits per heavy atom. The van der Waals surface area contributed by atoms with Crippen molar-refractivity contribution in [2.24, 2.45) is 5.92 Å². The third-order valence-corrected chi connectivity index (χ3v) is 5.05. The molecule has 26 heavy (non-hydrogen) atoms. The minimum atomic E-state index is -0.206. The molecular weight excluding hydrogens is 325 g/mol. The Morgan fingerprint density at radius 1 is 1.31 bits per heavy atom. The summed E-state index contributed by atoms with van der Waals surface area (Å²) in [6.45, 7) is 19.8. The van der Waals surface area contributed by atoms with Crippen LogP contribution in [0.5, 0.6) is 0 Å². The number of likely N-dealkylation sites (tertiary alicyclic amines) is 1. The molecule has 4 heteroatoms. The molecule has 1 fully saturated rings. The number of hydrogen-bond acceptors (Lipinski definition) is 3. The van der Waals surface area contributed by atoms with Gasteiger partial charge in [-0.2, -0.15) is 0 Å². The van der Waals surface area contributed by atoms with E-state index in [-0.39, 0.29) is 23.2 Å². The molecule has 2 heterocycles. The average Bonchev–Trinajstić information content (AvgIpc) is 3.06. The van der Waals surface area contributed by atoms with Gasteiger partial charge >= 0.3 is 0 Å². The minimum absolute atomic E-state index is 0.0684. The molecule has 0 aliphatic carbocycles. The molecule has 1 aliphatic heterocycles. The number of aromatic nitrogens is 1. The van der Waals surface area contributed by atoms with Crippen molar-refractivity contribution in [3.8, 4) is 0 Å². The Kier molecular flexibility index (Phi) is 9.28. The highest BCUT2D eigenvalue weighted by atomic mass is 19.1. The zero-order valence-corrected chi connectivity index (χ0v) is 17.6. The van der Waals surface area contributed by atoms with Crippen LogP contribution >= 0.6 is 0 Å². The van der Waals surface area contributed by atoms with Crippen LogP contribution in [0.4, 0.5) is 4.39 Å². The van der Waals surface area contributed by atoms with Crippen molar-refractivity contribution in [2.45, 2.75) is 72.3 Å². The van der Waals surface area contributed by atoms with E-state index < -0.39 is 0 Å². The zero-order valence-electron chi connectivity index (χ0n) is 17.6. The maximum absolute atomic E-state index is 14.3. The van der Waals surface area contributed by atoms with Gasteiger partial charge in [-0.25, -0.2) is 4.39 Å². The van der Waals surface area contributed by atoms with Gasteiger partial charge in [0.1, 0.15) is 5.82 Å². The minimum Gasteiger partial charge on any atom is -0.389 e. The van der Waals surface area contributed by atoms with Gasteiger partial charge in [-0.15, -0.1) is 0 Å². The van der Waals surface area contributed by atoms with Crippen LogP contribution in [0.3, 0.4) is 0 Å². The summed E-state index contributed by atoms with van der Waals surface area (Å²) in [5, 5.41) is 3.49. The number of nitrogens with one attached hydrogen (secondary N) is 1. The van der Waals surface area contributed by atoms with Gasteiger partial charge in [0, 0.05) is 48.9 Å². The molecule has 1 aromatic rings. The van der Waals surface area contributed by atoms with Crippen molar-refractivity contribution in [3.63, 3.8) is 0 Å². The maximum atomic E-state index is 14.3. The fourth-order valence-corrected chi connectivity index (χ4v) is 3.46. The molecule has 0 aromatic carbocycles. The molecule has 0 saturated carbocycles. The van der Waals surface area contributed by atoms with Crippen LogP contribution in [0.15, 0.2) is 30.7 Å². The van der Waals surface area contributed by atoms with Crippen molar-refractivity contribution in [2.75, 3.05) is 19.6 Å². The van der Waals surface area contributed by atoms with Crippen molar-refractivity contribution in [3.05, 3.63) is 42.1 Å². The lowest BCUT2D eigenvalue weighted by atomic mass is 9.87. The summed E-state index contributed by atoms with van der Waals surface area (Å²) < 4.78 is 14.3. The lowest BCUT2D eigenvalue weighted by Gasteiger charge is -2.32. The van der Waals surface area contributed by atoms with E-state index in [0.717, 1.165) is 37.3 Å². The third-order valence-electron chi connectivity index (χ3n) is 5.05. The van der Waals surface area contributed by atoms with E-state index in [2.05, 4.69) is 49.5 Å². The lowest BCUT2D eigenvalue weighted by Crippen LogP contribution is -2.40. The van der Waals surface area contributed by atoms with Crippen LogP contribution in [-0.4, -0.2) is 35.1 Å².